The van der Waals surface area contributed by atoms with Crippen molar-refractivity contribution in [2.24, 2.45) is 0 Å². The summed E-state index contributed by atoms with van der Waals surface area (Å²) < 4.78 is 26.0. The molecule has 1 aromatic carbocycles. The van der Waals surface area contributed by atoms with Gasteiger partial charge in [-0.15, -0.1) is 10.2 Å². The van der Waals surface area contributed by atoms with E-state index < -0.39 is 6.17 Å². The summed E-state index contributed by atoms with van der Waals surface area (Å²) in [6.07, 6.45) is 4.91. The monoisotopic (exact) mass is 464 g/mol. The lowest BCUT2D eigenvalue weighted by atomic mass is 9.96. The highest BCUT2D eigenvalue weighted by atomic mass is 19.1. The van der Waals surface area contributed by atoms with Crippen molar-refractivity contribution in [2.45, 2.75) is 43.6 Å². The van der Waals surface area contributed by atoms with Gasteiger partial charge in [0.25, 0.3) is 5.88 Å². The Morgan fingerprint density at radius 1 is 1.06 bits per heavy atom. The first kappa shape index (κ1) is 21.0. The van der Waals surface area contributed by atoms with Crippen molar-refractivity contribution in [3.05, 3.63) is 36.7 Å². The normalized spacial score (nSPS) is 25.2. The molecule has 0 amide bonds. The quantitative estimate of drug-likeness (QED) is 0.603. The number of hydrogen-bond donors (Lipinski definition) is 2. The minimum atomic E-state index is -0.961. The van der Waals surface area contributed by atoms with Crippen LogP contribution in [0.15, 0.2) is 36.7 Å². The van der Waals surface area contributed by atoms with Gasteiger partial charge in [0.1, 0.15) is 25.1 Å². The van der Waals surface area contributed by atoms with Gasteiger partial charge in [-0.1, -0.05) is 6.07 Å². The number of halogens is 1. The maximum atomic E-state index is 14.9. The Balaban J connectivity index is 1.21. The number of pyridine rings is 1. The van der Waals surface area contributed by atoms with Crippen LogP contribution in [0.4, 0.5) is 10.2 Å². The van der Waals surface area contributed by atoms with E-state index >= 15 is 0 Å². The number of ether oxygens (including phenoxy) is 2. The maximum absolute atomic E-state index is 14.9. The Kier molecular flexibility index (Phi) is 5.17. The van der Waals surface area contributed by atoms with Gasteiger partial charge in [-0.25, -0.2) is 14.4 Å². The lowest BCUT2D eigenvalue weighted by molar-refractivity contribution is 0.164. The predicted octanol–water partition coefficient (Wildman–Crippen LogP) is 2.74. The number of rotatable bonds is 4. The summed E-state index contributed by atoms with van der Waals surface area (Å²) in [4.78, 5) is 10.5. The van der Waals surface area contributed by atoms with Gasteiger partial charge in [0.2, 0.25) is 0 Å². The molecule has 34 heavy (non-hydrogen) atoms. The van der Waals surface area contributed by atoms with Gasteiger partial charge >= 0.3 is 0 Å². The number of anilines is 1. The third-order valence-corrected chi connectivity index (χ3v) is 6.93. The van der Waals surface area contributed by atoms with E-state index in [1.165, 1.54) is 0 Å². The first-order valence-electron chi connectivity index (χ1n) is 11.5. The molecule has 2 fully saturated rings. The summed E-state index contributed by atoms with van der Waals surface area (Å²) in [6.45, 7) is 0.952. The van der Waals surface area contributed by atoms with Crippen molar-refractivity contribution in [1.29, 1.82) is 0 Å². The fourth-order valence-corrected chi connectivity index (χ4v) is 5.06. The van der Waals surface area contributed by atoms with E-state index in [2.05, 4.69) is 25.5 Å². The largest absolute Gasteiger partial charge is 0.507 e. The van der Waals surface area contributed by atoms with Crippen molar-refractivity contribution in [1.82, 2.24) is 25.5 Å². The molecule has 0 saturated carbocycles. The molecule has 176 valence electrons. The number of nitrogens with zero attached hydrogens (tertiary/aromatic N) is 5. The molecule has 0 aliphatic carbocycles. The molecule has 3 aliphatic rings. The second-order valence-electron chi connectivity index (χ2n) is 9.00. The molecule has 2 saturated heterocycles. The van der Waals surface area contributed by atoms with Crippen molar-refractivity contribution in [3.8, 4) is 39.9 Å². The van der Waals surface area contributed by atoms with Crippen LogP contribution in [0.25, 0.3) is 22.5 Å². The summed E-state index contributed by atoms with van der Waals surface area (Å²) in [5.74, 6) is 1.88. The van der Waals surface area contributed by atoms with E-state index in [1.54, 1.807) is 24.5 Å². The van der Waals surface area contributed by atoms with Crippen LogP contribution >= 0.6 is 0 Å². The molecule has 9 nitrogen and oxygen atoms in total. The van der Waals surface area contributed by atoms with E-state index in [0.717, 1.165) is 30.4 Å². The number of alkyl halides is 1. The molecule has 10 heteroatoms. The molecule has 4 atom stereocenters. The molecule has 3 aliphatic heterocycles. The Morgan fingerprint density at radius 2 is 1.94 bits per heavy atom. The predicted molar refractivity (Wildman–Crippen MR) is 123 cm³/mol. The highest BCUT2D eigenvalue weighted by Crippen LogP contribution is 2.36. The average Bonchev–Trinajstić information content (AvgIpc) is 3.29. The number of piperidine rings is 1. The average molecular weight is 465 g/mol. The molecule has 2 N–H and O–H groups in total. The minimum Gasteiger partial charge on any atom is -0.507 e. The van der Waals surface area contributed by atoms with Crippen LogP contribution in [0.2, 0.25) is 0 Å². The van der Waals surface area contributed by atoms with Gasteiger partial charge in [0, 0.05) is 30.9 Å². The lowest BCUT2D eigenvalue weighted by Crippen LogP contribution is -2.55. The van der Waals surface area contributed by atoms with E-state index in [-0.39, 0.29) is 17.8 Å². The second kappa shape index (κ2) is 8.35. The van der Waals surface area contributed by atoms with Crippen molar-refractivity contribution < 1.29 is 19.0 Å². The summed E-state index contributed by atoms with van der Waals surface area (Å²) >= 11 is 0. The summed E-state index contributed by atoms with van der Waals surface area (Å²) in [5.41, 5.74) is 2.02. The number of phenols is 1. The van der Waals surface area contributed by atoms with Gasteiger partial charge in [0.15, 0.2) is 17.4 Å². The topological polar surface area (TPSA) is 106 Å². The SMILES string of the molecule is CN(c1cnc(-c2ccc(-c3cnc4c(c3)OCCO4)cc2O)nn1)[C@H]1C[C@@H]2CC[C@H](N2)[C@H]1F. The third-order valence-electron chi connectivity index (χ3n) is 6.93. The number of aromatic hydroxyl groups is 1. The number of hydrogen-bond acceptors (Lipinski definition) is 9. The molecule has 3 aromatic rings. The molecule has 2 bridgehead atoms. The van der Waals surface area contributed by atoms with Crippen LogP contribution in [-0.4, -0.2) is 69.8 Å². The van der Waals surface area contributed by atoms with E-state index in [1.807, 2.05) is 24.1 Å². The Labute approximate surface area is 196 Å². The van der Waals surface area contributed by atoms with E-state index in [4.69, 9.17) is 9.47 Å². The molecule has 5 heterocycles. The zero-order valence-electron chi connectivity index (χ0n) is 18.7. The standard InChI is InChI=1S/C24H25FN6O3/c1-31(18-10-15-3-5-17(28-15)22(18)25)21-12-26-23(30-29-21)16-4-2-13(8-19(16)32)14-9-20-24(27-11-14)34-7-6-33-20/h2,4,8-9,11-12,15,17-18,22,28,32H,3,5-7,10H2,1H3/t15-,17-,18-,22+/m0/s1. The van der Waals surface area contributed by atoms with Crippen LogP contribution in [0.1, 0.15) is 19.3 Å². The third kappa shape index (κ3) is 3.67. The van der Waals surface area contributed by atoms with Gasteiger partial charge in [-0.2, -0.15) is 0 Å². The van der Waals surface area contributed by atoms with Crippen molar-refractivity contribution >= 4 is 5.82 Å². The summed E-state index contributed by atoms with van der Waals surface area (Å²) in [7, 11) is 1.83. The van der Waals surface area contributed by atoms with Crippen molar-refractivity contribution in [3.63, 3.8) is 0 Å². The van der Waals surface area contributed by atoms with Crippen LogP contribution in [-0.2, 0) is 0 Å². The Hall–Kier alpha value is -3.53. The van der Waals surface area contributed by atoms with Crippen LogP contribution in [0.5, 0.6) is 17.4 Å². The lowest BCUT2D eigenvalue weighted by Gasteiger charge is -2.38. The molecule has 6 rings (SSSR count). The number of nitrogens with one attached hydrogen (secondary N) is 1. The van der Waals surface area contributed by atoms with Gasteiger partial charge < -0.3 is 24.8 Å². The number of fused-ring (bicyclic) bond motifs is 3. The van der Waals surface area contributed by atoms with Crippen LogP contribution < -0.4 is 19.7 Å². The van der Waals surface area contributed by atoms with Crippen LogP contribution in [0, 0.1) is 0 Å². The summed E-state index contributed by atoms with van der Waals surface area (Å²) in [5, 5.41) is 22.5. The molecule has 0 radical (unpaired) electrons. The van der Waals surface area contributed by atoms with Crippen molar-refractivity contribution in [2.75, 3.05) is 25.2 Å². The fourth-order valence-electron chi connectivity index (χ4n) is 5.06. The van der Waals surface area contributed by atoms with E-state index in [9.17, 15) is 9.50 Å². The molecule has 2 aromatic heterocycles. The smallest absolute Gasteiger partial charge is 0.257 e. The first-order chi connectivity index (χ1) is 16.6. The molecule has 0 unspecified atom stereocenters. The maximum Gasteiger partial charge on any atom is 0.257 e. The van der Waals surface area contributed by atoms with E-state index in [0.29, 0.717) is 48.1 Å². The number of phenolic OH excluding ortho intramolecular Hbond substituents is 1. The van der Waals surface area contributed by atoms with Gasteiger partial charge in [-0.05, 0) is 43.0 Å². The Morgan fingerprint density at radius 3 is 2.76 bits per heavy atom. The molecular weight excluding hydrogens is 439 g/mol. The first-order valence-corrected chi connectivity index (χ1v) is 11.5. The molecular formula is C24H25FN6O3. The van der Waals surface area contributed by atoms with Gasteiger partial charge in [-0.3, -0.25) is 0 Å². The zero-order valence-corrected chi connectivity index (χ0v) is 18.7. The molecule has 0 spiro atoms. The number of benzene rings is 1. The highest BCUT2D eigenvalue weighted by Gasteiger charge is 2.44. The number of aromatic nitrogens is 4. The Bertz CT molecular complexity index is 1210. The highest BCUT2D eigenvalue weighted by molar-refractivity contribution is 5.73. The fraction of sp³-hybridized carbons (Fsp3) is 0.417. The van der Waals surface area contributed by atoms with Crippen LogP contribution in [0.3, 0.4) is 0 Å². The van der Waals surface area contributed by atoms with Gasteiger partial charge in [0.05, 0.1) is 17.8 Å². The second-order valence-corrected chi connectivity index (χ2v) is 9.00. The zero-order chi connectivity index (χ0) is 23.2. The summed E-state index contributed by atoms with van der Waals surface area (Å²) in [6, 6.07) is 7.06. The minimum absolute atomic E-state index is 0.0223.